The molecule has 1 N–H and O–H groups in total. The van der Waals surface area contributed by atoms with Crippen LogP contribution in [0.4, 0.5) is 11.6 Å². The van der Waals surface area contributed by atoms with Gasteiger partial charge in [0.15, 0.2) is 0 Å². The Bertz CT molecular complexity index is 604. The average molecular weight is 319 g/mol. The molecule has 2 unspecified atom stereocenters. The SMILES string of the molecule is CC(O)C1CCN(c2cc(N(C)Cc3nccs3)ncn2)C1. The highest BCUT2D eigenvalue weighted by Crippen LogP contribution is 2.26. The van der Waals surface area contributed by atoms with Crippen molar-refractivity contribution in [3.63, 3.8) is 0 Å². The number of rotatable bonds is 5. The highest BCUT2D eigenvalue weighted by Gasteiger charge is 2.27. The molecule has 1 saturated heterocycles. The average Bonchev–Trinajstić information content (AvgIpc) is 3.18. The van der Waals surface area contributed by atoms with Crippen molar-refractivity contribution in [1.82, 2.24) is 15.0 Å². The standard InChI is InChI=1S/C15H21N5OS/c1-11(21)12-3-5-20(8-12)14-7-13(17-10-18-14)19(2)9-15-16-4-6-22-15/h4,6-7,10-12,21H,3,5,8-9H2,1-2H3. The quantitative estimate of drug-likeness (QED) is 0.906. The van der Waals surface area contributed by atoms with E-state index < -0.39 is 0 Å². The third-order valence-electron chi connectivity index (χ3n) is 4.12. The maximum atomic E-state index is 9.73. The lowest BCUT2D eigenvalue weighted by molar-refractivity contribution is 0.136. The third kappa shape index (κ3) is 3.36. The fourth-order valence-corrected chi connectivity index (χ4v) is 3.39. The number of aliphatic hydroxyl groups excluding tert-OH is 1. The molecule has 22 heavy (non-hydrogen) atoms. The van der Waals surface area contributed by atoms with Crippen LogP contribution < -0.4 is 9.80 Å². The summed E-state index contributed by atoms with van der Waals surface area (Å²) in [7, 11) is 2.01. The summed E-state index contributed by atoms with van der Waals surface area (Å²) in [5.74, 6) is 2.14. The van der Waals surface area contributed by atoms with Gasteiger partial charge in [-0.25, -0.2) is 15.0 Å². The number of aromatic nitrogens is 3. The van der Waals surface area contributed by atoms with Crippen LogP contribution in [-0.4, -0.2) is 46.3 Å². The largest absolute Gasteiger partial charge is 0.393 e. The van der Waals surface area contributed by atoms with Gasteiger partial charge >= 0.3 is 0 Å². The number of nitrogens with zero attached hydrogens (tertiary/aromatic N) is 5. The van der Waals surface area contributed by atoms with E-state index in [0.29, 0.717) is 5.92 Å². The molecule has 1 aliphatic heterocycles. The van der Waals surface area contributed by atoms with Gasteiger partial charge in [0.1, 0.15) is 23.0 Å². The van der Waals surface area contributed by atoms with Crippen LogP contribution in [0.1, 0.15) is 18.4 Å². The van der Waals surface area contributed by atoms with Crippen molar-refractivity contribution in [3.05, 3.63) is 29.0 Å². The molecule has 0 amide bonds. The molecule has 118 valence electrons. The van der Waals surface area contributed by atoms with Crippen molar-refractivity contribution in [2.24, 2.45) is 5.92 Å². The Morgan fingerprint density at radius 3 is 3.00 bits per heavy atom. The van der Waals surface area contributed by atoms with Gasteiger partial charge in [-0.3, -0.25) is 0 Å². The zero-order chi connectivity index (χ0) is 15.5. The van der Waals surface area contributed by atoms with E-state index in [-0.39, 0.29) is 6.10 Å². The fraction of sp³-hybridized carbons (Fsp3) is 0.533. The van der Waals surface area contributed by atoms with E-state index in [2.05, 4.69) is 24.8 Å². The number of hydrogen-bond donors (Lipinski definition) is 1. The van der Waals surface area contributed by atoms with E-state index in [0.717, 1.165) is 42.7 Å². The summed E-state index contributed by atoms with van der Waals surface area (Å²) in [4.78, 5) is 17.4. The lowest BCUT2D eigenvalue weighted by Crippen LogP contribution is -2.25. The van der Waals surface area contributed by atoms with Gasteiger partial charge in [-0.1, -0.05) is 0 Å². The lowest BCUT2D eigenvalue weighted by Gasteiger charge is -2.21. The van der Waals surface area contributed by atoms with Gasteiger partial charge in [-0.05, 0) is 13.3 Å². The second-order valence-electron chi connectivity index (χ2n) is 5.75. The summed E-state index contributed by atoms with van der Waals surface area (Å²) in [6, 6.07) is 2.01. The van der Waals surface area contributed by atoms with E-state index >= 15 is 0 Å². The topological polar surface area (TPSA) is 65.4 Å². The van der Waals surface area contributed by atoms with Gasteiger partial charge in [0.05, 0.1) is 12.6 Å². The molecule has 2 aromatic heterocycles. The number of aliphatic hydroxyl groups is 1. The summed E-state index contributed by atoms with van der Waals surface area (Å²) in [5.41, 5.74) is 0. The highest BCUT2D eigenvalue weighted by molar-refractivity contribution is 7.09. The summed E-state index contributed by atoms with van der Waals surface area (Å²) in [5, 5.41) is 12.8. The van der Waals surface area contributed by atoms with Crippen LogP contribution in [0.25, 0.3) is 0 Å². The van der Waals surface area contributed by atoms with Gasteiger partial charge < -0.3 is 14.9 Å². The number of hydrogen-bond acceptors (Lipinski definition) is 7. The Morgan fingerprint density at radius 1 is 1.45 bits per heavy atom. The molecule has 0 radical (unpaired) electrons. The first-order chi connectivity index (χ1) is 10.6. The molecule has 0 saturated carbocycles. The van der Waals surface area contributed by atoms with Gasteiger partial charge in [0.2, 0.25) is 0 Å². The minimum Gasteiger partial charge on any atom is -0.393 e. The minimum atomic E-state index is -0.265. The Morgan fingerprint density at radius 2 is 2.32 bits per heavy atom. The van der Waals surface area contributed by atoms with Gasteiger partial charge in [-0.15, -0.1) is 11.3 Å². The second kappa shape index (κ2) is 6.58. The predicted molar refractivity (Wildman–Crippen MR) is 88.3 cm³/mol. The second-order valence-corrected chi connectivity index (χ2v) is 6.73. The summed E-state index contributed by atoms with van der Waals surface area (Å²) >= 11 is 1.64. The molecule has 2 aromatic rings. The van der Waals surface area contributed by atoms with Crippen molar-refractivity contribution >= 4 is 23.0 Å². The zero-order valence-electron chi connectivity index (χ0n) is 12.9. The molecule has 7 heteroatoms. The molecule has 1 fully saturated rings. The summed E-state index contributed by atoms with van der Waals surface area (Å²) in [6.07, 6.45) is 4.17. The molecular formula is C15H21N5OS. The Labute approximate surface area is 134 Å². The van der Waals surface area contributed by atoms with E-state index in [4.69, 9.17) is 0 Å². The summed E-state index contributed by atoms with van der Waals surface area (Å²) in [6.45, 7) is 4.39. The first kappa shape index (κ1) is 15.2. The minimum absolute atomic E-state index is 0.265. The summed E-state index contributed by atoms with van der Waals surface area (Å²) < 4.78 is 0. The maximum Gasteiger partial charge on any atom is 0.134 e. The number of anilines is 2. The maximum absolute atomic E-state index is 9.73. The number of thiazole rings is 1. The monoisotopic (exact) mass is 319 g/mol. The van der Waals surface area contributed by atoms with Crippen LogP contribution in [0.5, 0.6) is 0 Å². The molecule has 0 aromatic carbocycles. The molecule has 0 aliphatic carbocycles. The van der Waals surface area contributed by atoms with Gasteiger partial charge in [0, 0.05) is 43.7 Å². The van der Waals surface area contributed by atoms with Crippen molar-refractivity contribution < 1.29 is 5.11 Å². The fourth-order valence-electron chi connectivity index (χ4n) is 2.72. The van der Waals surface area contributed by atoms with Crippen LogP contribution in [0.15, 0.2) is 24.0 Å². The third-order valence-corrected chi connectivity index (χ3v) is 4.88. The van der Waals surface area contributed by atoms with Crippen molar-refractivity contribution in [1.29, 1.82) is 0 Å². The van der Waals surface area contributed by atoms with Crippen LogP contribution in [-0.2, 0) is 6.54 Å². The van der Waals surface area contributed by atoms with E-state index in [9.17, 15) is 5.11 Å². The van der Waals surface area contributed by atoms with Gasteiger partial charge in [0.25, 0.3) is 0 Å². The first-order valence-corrected chi connectivity index (χ1v) is 8.36. The van der Waals surface area contributed by atoms with Crippen LogP contribution in [0.2, 0.25) is 0 Å². The zero-order valence-corrected chi connectivity index (χ0v) is 13.7. The lowest BCUT2D eigenvalue weighted by atomic mass is 10.0. The van der Waals surface area contributed by atoms with Crippen molar-refractivity contribution in [2.45, 2.75) is 26.0 Å². The van der Waals surface area contributed by atoms with Crippen molar-refractivity contribution in [3.8, 4) is 0 Å². The highest BCUT2D eigenvalue weighted by atomic mass is 32.1. The van der Waals surface area contributed by atoms with Crippen LogP contribution in [0, 0.1) is 5.92 Å². The first-order valence-electron chi connectivity index (χ1n) is 7.48. The molecule has 1 aliphatic rings. The molecule has 3 heterocycles. The Balaban J connectivity index is 1.70. The van der Waals surface area contributed by atoms with Crippen molar-refractivity contribution in [2.75, 3.05) is 29.9 Å². The van der Waals surface area contributed by atoms with Crippen LogP contribution >= 0.6 is 11.3 Å². The molecule has 3 rings (SSSR count). The molecule has 2 atom stereocenters. The molecule has 6 nitrogen and oxygen atoms in total. The smallest absolute Gasteiger partial charge is 0.134 e. The van der Waals surface area contributed by atoms with E-state index in [1.807, 2.05) is 31.6 Å². The molecule has 0 spiro atoms. The van der Waals surface area contributed by atoms with E-state index in [1.54, 1.807) is 17.7 Å². The Kier molecular flexibility index (Phi) is 4.54. The van der Waals surface area contributed by atoms with Crippen LogP contribution in [0.3, 0.4) is 0 Å². The molecular weight excluding hydrogens is 298 g/mol. The van der Waals surface area contributed by atoms with E-state index in [1.165, 1.54) is 0 Å². The normalized spacial score (nSPS) is 19.4. The predicted octanol–water partition coefficient (Wildman–Crippen LogP) is 1.78. The molecule has 0 bridgehead atoms. The Hall–Kier alpha value is -1.73. The van der Waals surface area contributed by atoms with Gasteiger partial charge in [-0.2, -0.15) is 0 Å².